The summed E-state index contributed by atoms with van der Waals surface area (Å²) in [6.45, 7) is 0. The molecule has 20 heavy (non-hydrogen) atoms. The van der Waals surface area contributed by atoms with Crippen LogP contribution in [0.4, 0.5) is 5.69 Å². The van der Waals surface area contributed by atoms with Gasteiger partial charge in [-0.2, -0.15) is 0 Å². The third kappa shape index (κ3) is 3.42. The molecule has 0 N–H and O–H groups in total. The lowest BCUT2D eigenvalue weighted by molar-refractivity contribution is -0.385. The number of nitro benzene ring substituents is 1. The lowest BCUT2D eigenvalue weighted by atomic mass is 10.2. The summed E-state index contributed by atoms with van der Waals surface area (Å²) in [7, 11) is 0. The Morgan fingerprint density at radius 2 is 2.00 bits per heavy atom. The van der Waals surface area contributed by atoms with Crippen LogP contribution in [-0.4, -0.2) is 4.92 Å². The average molecular weight is 377 g/mol. The van der Waals surface area contributed by atoms with E-state index in [9.17, 15) is 10.1 Å². The molecule has 2 aromatic carbocycles. The maximum absolute atomic E-state index is 11.0. The molecule has 0 unspecified atom stereocenters. The third-order valence-electron chi connectivity index (χ3n) is 2.51. The quantitative estimate of drug-likeness (QED) is 0.399. The Balaban J connectivity index is 2.35. The monoisotopic (exact) mass is 375 g/mol. The molecule has 0 heterocycles. The summed E-state index contributed by atoms with van der Waals surface area (Å²) in [5.41, 5.74) is 0.722. The van der Waals surface area contributed by atoms with Crippen molar-refractivity contribution < 1.29 is 9.66 Å². The summed E-state index contributed by atoms with van der Waals surface area (Å²) in [4.78, 5) is 10.4. The molecule has 2 aromatic rings. The summed E-state index contributed by atoms with van der Waals surface area (Å²) in [5.74, 6) is 0.961. The standard InChI is InChI=1S/C13H8BrCl2NO3/c14-11-6-10(3-1-8(11)7-15)20-13-4-2-9(16)5-12(13)17(18)19/h1-6H,7H2. The molecule has 104 valence electrons. The van der Waals surface area contributed by atoms with Gasteiger partial charge in [-0.3, -0.25) is 10.1 Å². The van der Waals surface area contributed by atoms with Crippen molar-refractivity contribution in [2.45, 2.75) is 5.88 Å². The molecule has 4 nitrogen and oxygen atoms in total. The van der Waals surface area contributed by atoms with E-state index in [-0.39, 0.29) is 16.5 Å². The van der Waals surface area contributed by atoms with Crippen molar-refractivity contribution in [1.82, 2.24) is 0 Å². The van der Waals surface area contributed by atoms with Gasteiger partial charge in [0.2, 0.25) is 5.75 Å². The van der Waals surface area contributed by atoms with E-state index in [0.717, 1.165) is 10.0 Å². The minimum Gasteiger partial charge on any atom is -0.450 e. The van der Waals surface area contributed by atoms with Crippen LogP contribution in [0.1, 0.15) is 5.56 Å². The van der Waals surface area contributed by atoms with Gasteiger partial charge in [-0.1, -0.05) is 33.6 Å². The van der Waals surface area contributed by atoms with Gasteiger partial charge in [0.25, 0.3) is 0 Å². The van der Waals surface area contributed by atoms with Gasteiger partial charge in [0.1, 0.15) is 5.75 Å². The number of hydrogen-bond acceptors (Lipinski definition) is 3. The highest BCUT2D eigenvalue weighted by Gasteiger charge is 2.16. The summed E-state index contributed by atoms with van der Waals surface area (Å²) in [6, 6.07) is 9.43. The normalized spacial score (nSPS) is 10.3. The summed E-state index contributed by atoms with van der Waals surface area (Å²) in [5, 5.41) is 11.3. The molecule has 0 radical (unpaired) electrons. The van der Waals surface area contributed by atoms with Crippen LogP contribution in [0.2, 0.25) is 5.02 Å². The first-order valence-electron chi connectivity index (χ1n) is 5.47. The predicted molar refractivity (Wildman–Crippen MR) is 81.9 cm³/mol. The van der Waals surface area contributed by atoms with Crippen molar-refractivity contribution in [2.75, 3.05) is 0 Å². The summed E-state index contributed by atoms with van der Waals surface area (Å²) in [6.07, 6.45) is 0. The topological polar surface area (TPSA) is 52.4 Å². The highest BCUT2D eigenvalue weighted by molar-refractivity contribution is 9.10. The smallest absolute Gasteiger partial charge is 0.313 e. The third-order valence-corrected chi connectivity index (χ3v) is 3.78. The van der Waals surface area contributed by atoms with E-state index in [1.165, 1.54) is 18.2 Å². The van der Waals surface area contributed by atoms with Crippen molar-refractivity contribution in [2.24, 2.45) is 0 Å². The maximum atomic E-state index is 11.0. The van der Waals surface area contributed by atoms with Crippen LogP contribution in [0.3, 0.4) is 0 Å². The molecule has 2 rings (SSSR count). The van der Waals surface area contributed by atoms with E-state index in [0.29, 0.717) is 11.6 Å². The number of alkyl halides is 1. The second kappa shape index (κ2) is 6.43. The first kappa shape index (κ1) is 15.1. The molecular formula is C13H8BrCl2NO3. The van der Waals surface area contributed by atoms with Crippen LogP contribution in [0.25, 0.3) is 0 Å². The van der Waals surface area contributed by atoms with Crippen molar-refractivity contribution in [3.8, 4) is 11.5 Å². The molecule has 0 amide bonds. The van der Waals surface area contributed by atoms with Crippen LogP contribution in [0, 0.1) is 10.1 Å². The Morgan fingerprint density at radius 3 is 2.60 bits per heavy atom. The van der Waals surface area contributed by atoms with E-state index in [1.807, 2.05) is 0 Å². The molecule has 7 heteroatoms. The molecule has 0 saturated heterocycles. The predicted octanol–water partition coefficient (Wildman–Crippen LogP) is 5.54. The second-order valence-electron chi connectivity index (χ2n) is 3.86. The van der Waals surface area contributed by atoms with Crippen LogP contribution >= 0.6 is 39.1 Å². The van der Waals surface area contributed by atoms with Gasteiger partial charge in [0.15, 0.2) is 0 Å². The molecule has 0 fully saturated rings. The number of ether oxygens (including phenoxy) is 1. The van der Waals surface area contributed by atoms with Gasteiger partial charge in [0.05, 0.1) is 4.92 Å². The highest BCUT2D eigenvalue weighted by atomic mass is 79.9. The van der Waals surface area contributed by atoms with E-state index >= 15 is 0 Å². The zero-order valence-corrected chi connectivity index (χ0v) is 13.1. The molecule has 0 aliphatic carbocycles. The van der Waals surface area contributed by atoms with Crippen molar-refractivity contribution in [3.05, 3.63) is 61.6 Å². The Bertz CT molecular complexity index is 664. The first-order chi connectivity index (χ1) is 9.51. The first-order valence-corrected chi connectivity index (χ1v) is 7.18. The van der Waals surface area contributed by atoms with Crippen molar-refractivity contribution >= 4 is 44.8 Å². The fourth-order valence-electron chi connectivity index (χ4n) is 1.55. The van der Waals surface area contributed by atoms with E-state index in [2.05, 4.69) is 15.9 Å². The minimum absolute atomic E-state index is 0.130. The number of hydrogen-bond donors (Lipinski definition) is 0. The molecule has 0 saturated carbocycles. The van der Waals surface area contributed by atoms with Gasteiger partial charge in [-0.05, 0) is 29.8 Å². The largest absolute Gasteiger partial charge is 0.450 e. The second-order valence-corrected chi connectivity index (χ2v) is 5.42. The number of benzene rings is 2. The molecule has 0 atom stereocenters. The van der Waals surface area contributed by atoms with Crippen molar-refractivity contribution in [3.63, 3.8) is 0 Å². The van der Waals surface area contributed by atoms with Gasteiger partial charge >= 0.3 is 5.69 Å². The molecule has 0 aliphatic rings. The lowest BCUT2D eigenvalue weighted by Crippen LogP contribution is -1.94. The SMILES string of the molecule is O=[N+]([O-])c1cc(Cl)ccc1Oc1ccc(CCl)c(Br)c1. The summed E-state index contributed by atoms with van der Waals surface area (Å²) >= 11 is 14.9. The van der Waals surface area contributed by atoms with E-state index in [1.54, 1.807) is 18.2 Å². The van der Waals surface area contributed by atoms with Crippen LogP contribution < -0.4 is 4.74 Å². The number of nitro groups is 1. The Kier molecular flexibility index (Phi) is 4.86. The zero-order valence-electron chi connectivity index (χ0n) is 9.98. The lowest BCUT2D eigenvalue weighted by Gasteiger charge is -2.08. The Morgan fingerprint density at radius 1 is 1.25 bits per heavy atom. The zero-order chi connectivity index (χ0) is 14.7. The Labute approximate surface area is 133 Å². The van der Waals surface area contributed by atoms with Gasteiger partial charge in [-0.25, -0.2) is 0 Å². The van der Waals surface area contributed by atoms with Gasteiger partial charge in [0, 0.05) is 21.4 Å². The number of nitrogens with zero attached hydrogens (tertiary/aromatic N) is 1. The molecule has 0 aliphatic heterocycles. The van der Waals surface area contributed by atoms with E-state index < -0.39 is 4.92 Å². The molecular weight excluding hydrogens is 369 g/mol. The fraction of sp³-hybridized carbons (Fsp3) is 0.0769. The number of rotatable bonds is 4. The van der Waals surface area contributed by atoms with Crippen LogP contribution in [0.5, 0.6) is 11.5 Å². The van der Waals surface area contributed by atoms with Gasteiger partial charge < -0.3 is 4.74 Å². The van der Waals surface area contributed by atoms with Gasteiger partial charge in [-0.15, -0.1) is 11.6 Å². The van der Waals surface area contributed by atoms with Crippen LogP contribution in [-0.2, 0) is 5.88 Å². The Hall–Kier alpha value is -1.30. The van der Waals surface area contributed by atoms with Crippen LogP contribution in [0.15, 0.2) is 40.9 Å². The molecule has 0 bridgehead atoms. The molecule has 0 spiro atoms. The highest BCUT2D eigenvalue weighted by Crippen LogP contribution is 2.35. The fourth-order valence-corrected chi connectivity index (χ4v) is 2.61. The maximum Gasteiger partial charge on any atom is 0.313 e. The van der Waals surface area contributed by atoms with Crippen molar-refractivity contribution in [1.29, 1.82) is 0 Å². The number of halogens is 3. The minimum atomic E-state index is -0.538. The average Bonchev–Trinajstić information content (AvgIpc) is 2.41. The summed E-state index contributed by atoms with van der Waals surface area (Å²) < 4.78 is 6.31. The van der Waals surface area contributed by atoms with E-state index in [4.69, 9.17) is 27.9 Å². The molecule has 0 aromatic heterocycles.